The number of nitrogens with zero attached hydrogens (tertiary/aromatic N) is 2. The van der Waals surface area contributed by atoms with Crippen molar-refractivity contribution >= 4 is 5.91 Å². The maximum Gasteiger partial charge on any atom is 0.237 e. The minimum atomic E-state index is -0.692. The highest BCUT2D eigenvalue weighted by atomic mass is 16.3. The van der Waals surface area contributed by atoms with Gasteiger partial charge in [0.1, 0.15) is 0 Å². The first kappa shape index (κ1) is 16.5. The molecule has 0 aliphatic heterocycles. The van der Waals surface area contributed by atoms with Gasteiger partial charge >= 0.3 is 0 Å². The lowest BCUT2D eigenvalue weighted by Crippen LogP contribution is -2.47. The molecule has 3 rings (SSSR count). The second-order valence-electron chi connectivity index (χ2n) is 7.31. The van der Waals surface area contributed by atoms with Crippen LogP contribution in [0, 0.1) is 0 Å². The molecule has 23 heavy (non-hydrogen) atoms. The molecule has 0 saturated heterocycles. The highest BCUT2D eigenvalue weighted by Gasteiger charge is 2.35. The van der Waals surface area contributed by atoms with Crippen LogP contribution in [-0.4, -0.2) is 52.6 Å². The number of aliphatic hydroxyl groups is 1. The normalized spacial score (nSPS) is 20.0. The molecule has 0 unspecified atom stereocenters. The quantitative estimate of drug-likeness (QED) is 0.840. The average molecular weight is 316 g/mol. The zero-order valence-corrected chi connectivity index (χ0v) is 14.1. The van der Waals surface area contributed by atoms with Crippen molar-refractivity contribution in [1.29, 1.82) is 0 Å². The van der Waals surface area contributed by atoms with E-state index in [2.05, 4.69) is 4.90 Å². The van der Waals surface area contributed by atoms with E-state index in [1.807, 2.05) is 42.3 Å². The summed E-state index contributed by atoms with van der Waals surface area (Å²) in [6, 6.07) is 10.7. The monoisotopic (exact) mass is 316 g/mol. The van der Waals surface area contributed by atoms with Crippen LogP contribution in [0.2, 0.25) is 0 Å². The van der Waals surface area contributed by atoms with E-state index in [0.717, 1.165) is 31.2 Å². The van der Waals surface area contributed by atoms with Crippen LogP contribution in [0.15, 0.2) is 30.3 Å². The van der Waals surface area contributed by atoms with Crippen molar-refractivity contribution in [2.75, 3.05) is 20.1 Å². The first-order chi connectivity index (χ1) is 11.1. The Morgan fingerprint density at radius 2 is 1.87 bits per heavy atom. The molecule has 0 aromatic heterocycles. The van der Waals surface area contributed by atoms with Crippen LogP contribution < -0.4 is 0 Å². The van der Waals surface area contributed by atoms with Gasteiger partial charge in [-0.1, -0.05) is 43.2 Å². The molecule has 1 aromatic carbocycles. The number of carbonyl (C=O) groups is 1. The molecule has 2 saturated carbocycles. The minimum Gasteiger partial charge on any atom is -0.388 e. The minimum absolute atomic E-state index is 0.128. The van der Waals surface area contributed by atoms with Crippen LogP contribution >= 0.6 is 0 Å². The number of carbonyl (C=O) groups excluding carboxylic acids is 1. The summed E-state index contributed by atoms with van der Waals surface area (Å²) in [6.45, 7) is 1.49. The standard InChI is InChI=1S/C19H28N2O2/c1-20(17-9-10-17)14-18(22)21(13-16-7-3-2-4-8-16)15-19(23)11-5-6-12-19/h2-4,7-8,17,23H,5-6,9-15H2,1H3. The Labute approximate surface area is 139 Å². The van der Waals surface area contributed by atoms with Gasteiger partial charge in [0, 0.05) is 19.1 Å². The van der Waals surface area contributed by atoms with Crippen LogP contribution in [0.1, 0.15) is 44.1 Å². The maximum absolute atomic E-state index is 12.8. The Bertz CT molecular complexity index is 521. The molecular formula is C19H28N2O2. The predicted molar refractivity (Wildman–Crippen MR) is 90.9 cm³/mol. The summed E-state index contributed by atoms with van der Waals surface area (Å²) < 4.78 is 0. The van der Waals surface area contributed by atoms with Gasteiger partial charge in [-0.25, -0.2) is 0 Å². The van der Waals surface area contributed by atoms with E-state index in [4.69, 9.17) is 0 Å². The highest BCUT2D eigenvalue weighted by molar-refractivity contribution is 5.78. The van der Waals surface area contributed by atoms with E-state index in [0.29, 0.717) is 25.7 Å². The van der Waals surface area contributed by atoms with Crippen LogP contribution in [-0.2, 0) is 11.3 Å². The van der Waals surface area contributed by atoms with E-state index in [9.17, 15) is 9.90 Å². The third kappa shape index (κ3) is 4.55. The Kier molecular flexibility index (Phi) is 5.02. The van der Waals surface area contributed by atoms with E-state index in [-0.39, 0.29) is 5.91 Å². The lowest BCUT2D eigenvalue weighted by atomic mass is 10.0. The Morgan fingerprint density at radius 3 is 2.48 bits per heavy atom. The second-order valence-corrected chi connectivity index (χ2v) is 7.31. The Balaban J connectivity index is 1.67. The summed E-state index contributed by atoms with van der Waals surface area (Å²) in [5.41, 5.74) is 0.430. The molecule has 1 N–H and O–H groups in total. The van der Waals surface area contributed by atoms with Crippen LogP contribution in [0.5, 0.6) is 0 Å². The number of likely N-dealkylation sites (N-methyl/N-ethyl adjacent to an activating group) is 1. The number of benzene rings is 1. The van der Waals surface area contributed by atoms with Crippen LogP contribution in [0.4, 0.5) is 0 Å². The molecule has 0 spiro atoms. The fourth-order valence-corrected chi connectivity index (χ4v) is 3.54. The van der Waals surface area contributed by atoms with E-state index in [1.54, 1.807) is 0 Å². The van der Waals surface area contributed by atoms with Crippen LogP contribution in [0.25, 0.3) is 0 Å². The molecule has 2 aliphatic rings. The van der Waals surface area contributed by atoms with Crippen molar-refractivity contribution in [1.82, 2.24) is 9.80 Å². The molecule has 0 radical (unpaired) electrons. The third-order valence-corrected chi connectivity index (χ3v) is 5.14. The van der Waals surface area contributed by atoms with Crippen molar-refractivity contribution in [3.05, 3.63) is 35.9 Å². The van der Waals surface area contributed by atoms with Crippen molar-refractivity contribution in [3.63, 3.8) is 0 Å². The molecule has 1 aromatic rings. The molecule has 4 nitrogen and oxygen atoms in total. The summed E-state index contributed by atoms with van der Waals surface area (Å²) in [5.74, 6) is 0.128. The summed E-state index contributed by atoms with van der Waals surface area (Å²) in [4.78, 5) is 16.8. The average Bonchev–Trinajstić information content (AvgIpc) is 3.30. The van der Waals surface area contributed by atoms with E-state index in [1.165, 1.54) is 12.8 Å². The van der Waals surface area contributed by atoms with Gasteiger partial charge in [0.2, 0.25) is 5.91 Å². The molecule has 0 bridgehead atoms. The van der Waals surface area contributed by atoms with Gasteiger partial charge in [-0.2, -0.15) is 0 Å². The Morgan fingerprint density at radius 1 is 1.22 bits per heavy atom. The van der Waals surface area contributed by atoms with Crippen molar-refractivity contribution < 1.29 is 9.90 Å². The lowest BCUT2D eigenvalue weighted by Gasteiger charge is -2.32. The van der Waals surface area contributed by atoms with E-state index >= 15 is 0 Å². The van der Waals surface area contributed by atoms with Gasteiger partial charge in [-0.15, -0.1) is 0 Å². The van der Waals surface area contributed by atoms with Gasteiger partial charge in [-0.05, 0) is 38.3 Å². The van der Waals surface area contributed by atoms with Gasteiger partial charge in [-0.3, -0.25) is 9.69 Å². The van der Waals surface area contributed by atoms with Gasteiger partial charge in [0.25, 0.3) is 0 Å². The molecule has 126 valence electrons. The summed E-state index contributed by atoms with van der Waals surface area (Å²) >= 11 is 0. The third-order valence-electron chi connectivity index (χ3n) is 5.14. The van der Waals surface area contributed by atoms with Gasteiger partial charge in [0.15, 0.2) is 0 Å². The number of rotatable bonds is 7. The predicted octanol–water partition coefficient (Wildman–Crippen LogP) is 2.41. The lowest BCUT2D eigenvalue weighted by molar-refractivity contribution is -0.136. The summed E-state index contributed by atoms with van der Waals surface area (Å²) in [5, 5.41) is 10.7. The van der Waals surface area contributed by atoms with Crippen LogP contribution in [0.3, 0.4) is 0 Å². The molecule has 2 aliphatic carbocycles. The molecule has 0 atom stereocenters. The molecule has 1 amide bonds. The fourth-order valence-electron chi connectivity index (χ4n) is 3.54. The second kappa shape index (κ2) is 7.02. The maximum atomic E-state index is 12.8. The molecule has 0 heterocycles. The number of hydrogen-bond donors (Lipinski definition) is 1. The first-order valence-electron chi connectivity index (χ1n) is 8.80. The van der Waals surface area contributed by atoms with Gasteiger partial charge in [0.05, 0.1) is 12.1 Å². The SMILES string of the molecule is CN(CC(=O)N(Cc1ccccc1)CC1(O)CCCC1)C1CC1. The first-order valence-corrected chi connectivity index (χ1v) is 8.80. The largest absolute Gasteiger partial charge is 0.388 e. The highest BCUT2D eigenvalue weighted by Crippen LogP contribution is 2.31. The topological polar surface area (TPSA) is 43.8 Å². The Hall–Kier alpha value is -1.39. The summed E-state index contributed by atoms with van der Waals surface area (Å²) in [6.07, 6.45) is 6.14. The zero-order chi connectivity index (χ0) is 16.3. The molecule has 4 heteroatoms. The summed E-state index contributed by atoms with van der Waals surface area (Å²) in [7, 11) is 2.03. The number of hydrogen-bond acceptors (Lipinski definition) is 3. The smallest absolute Gasteiger partial charge is 0.237 e. The fraction of sp³-hybridized carbons (Fsp3) is 0.632. The number of amides is 1. The van der Waals surface area contributed by atoms with Crippen molar-refractivity contribution in [2.24, 2.45) is 0 Å². The molecule has 2 fully saturated rings. The van der Waals surface area contributed by atoms with Crippen molar-refractivity contribution in [2.45, 2.75) is 56.7 Å². The molecular weight excluding hydrogens is 288 g/mol. The van der Waals surface area contributed by atoms with Crippen molar-refractivity contribution in [3.8, 4) is 0 Å². The van der Waals surface area contributed by atoms with E-state index < -0.39 is 5.60 Å². The van der Waals surface area contributed by atoms with Gasteiger partial charge < -0.3 is 10.0 Å². The zero-order valence-electron chi connectivity index (χ0n) is 14.1.